The molecule has 1 fully saturated rings. The van der Waals surface area contributed by atoms with Crippen LogP contribution in [0.1, 0.15) is 38.2 Å². The lowest BCUT2D eigenvalue weighted by Gasteiger charge is -2.16. The van der Waals surface area contributed by atoms with Gasteiger partial charge < -0.3 is 5.32 Å². The highest BCUT2D eigenvalue weighted by atomic mass is 35.5. The van der Waals surface area contributed by atoms with Gasteiger partial charge in [-0.1, -0.05) is 42.1 Å². The Morgan fingerprint density at radius 2 is 2.00 bits per heavy atom. The molecule has 1 aliphatic carbocycles. The average molecular weight is 348 g/mol. The van der Waals surface area contributed by atoms with Crippen molar-refractivity contribution in [2.75, 3.05) is 0 Å². The van der Waals surface area contributed by atoms with Gasteiger partial charge in [-0.3, -0.25) is 9.00 Å². The topological polar surface area (TPSA) is 46.2 Å². The molecule has 0 aromatic heterocycles. The third kappa shape index (κ3) is 4.70. The summed E-state index contributed by atoms with van der Waals surface area (Å²) in [7, 11) is -1.27. The van der Waals surface area contributed by atoms with Gasteiger partial charge >= 0.3 is 0 Å². The minimum atomic E-state index is -1.27. The van der Waals surface area contributed by atoms with Crippen LogP contribution in [0.25, 0.3) is 0 Å². The summed E-state index contributed by atoms with van der Waals surface area (Å²) >= 11 is 11.8. The van der Waals surface area contributed by atoms with Crippen molar-refractivity contribution in [2.45, 2.75) is 49.7 Å². The first kappa shape index (κ1) is 16.8. The van der Waals surface area contributed by atoms with Crippen LogP contribution in [0.15, 0.2) is 18.2 Å². The molecule has 116 valence electrons. The van der Waals surface area contributed by atoms with Gasteiger partial charge in [0.2, 0.25) is 5.91 Å². The summed E-state index contributed by atoms with van der Waals surface area (Å²) < 4.78 is 12.3. The highest BCUT2D eigenvalue weighted by Crippen LogP contribution is 2.23. The normalized spacial score (nSPS) is 18.4. The molecule has 21 heavy (non-hydrogen) atoms. The molecule has 2 atom stereocenters. The van der Waals surface area contributed by atoms with Gasteiger partial charge in [0.25, 0.3) is 0 Å². The number of nitrogens with one attached hydrogen (secondary N) is 1. The number of halogens is 2. The summed E-state index contributed by atoms with van der Waals surface area (Å²) in [5.74, 6) is 0.177. The van der Waals surface area contributed by atoms with Crippen molar-refractivity contribution in [3.05, 3.63) is 33.8 Å². The Labute approximate surface area is 137 Å². The van der Waals surface area contributed by atoms with Gasteiger partial charge in [0, 0.05) is 22.6 Å². The fourth-order valence-electron chi connectivity index (χ4n) is 2.43. The number of carbonyl (C=O) groups excluding carboxylic acids is 1. The standard InChI is InChI=1S/C15H19Cl2NO2S/c1-10(15(19)18-12-4-2-3-5-12)21(20)9-11-6-7-13(16)14(17)8-11/h6-8,10,12H,2-5,9H2,1H3,(H,18,19)/t10-,21-/m1/s1. The van der Waals surface area contributed by atoms with Gasteiger partial charge in [0.1, 0.15) is 5.25 Å². The fourth-order valence-corrected chi connectivity index (χ4v) is 3.81. The molecule has 6 heteroatoms. The monoisotopic (exact) mass is 347 g/mol. The molecule has 0 saturated heterocycles. The van der Waals surface area contributed by atoms with Gasteiger partial charge in [0.15, 0.2) is 0 Å². The van der Waals surface area contributed by atoms with Crippen LogP contribution in [-0.4, -0.2) is 21.4 Å². The minimum absolute atomic E-state index is 0.125. The first-order chi connectivity index (χ1) is 9.97. The Morgan fingerprint density at radius 1 is 1.33 bits per heavy atom. The second-order valence-corrected chi connectivity index (χ2v) is 7.98. The van der Waals surface area contributed by atoms with E-state index >= 15 is 0 Å². The van der Waals surface area contributed by atoms with E-state index in [4.69, 9.17) is 23.2 Å². The molecule has 1 N–H and O–H groups in total. The first-order valence-corrected chi connectivity index (χ1v) is 9.22. The molecule has 0 bridgehead atoms. The Kier molecular flexibility index (Phi) is 6.08. The van der Waals surface area contributed by atoms with Crippen LogP contribution in [0.3, 0.4) is 0 Å². The molecule has 1 aromatic rings. The number of rotatable bonds is 5. The molecule has 1 saturated carbocycles. The van der Waals surface area contributed by atoms with Crippen molar-refractivity contribution in [3.63, 3.8) is 0 Å². The molecule has 1 amide bonds. The lowest BCUT2D eigenvalue weighted by Crippen LogP contribution is -2.40. The largest absolute Gasteiger partial charge is 0.352 e. The highest BCUT2D eigenvalue weighted by molar-refractivity contribution is 7.85. The predicted octanol–water partition coefficient (Wildman–Crippen LogP) is 3.69. The summed E-state index contributed by atoms with van der Waals surface area (Å²) in [5.41, 5.74) is 0.822. The number of benzene rings is 1. The van der Waals surface area contributed by atoms with E-state index in [1.807, 2.05) is 0 Å². The van der Waals surface area contributed by atoms with Gasteiger partial charge in [-0.05, 0) is 37.5 Å². The zero-order chi connectivity index (χ0) is 15.4. The number of hydrogen-bond acceptors (Lipinski definition) is 2. The molecule has 0 unspecified atom stereocenters. The maximum atomic E-state index is 12.3. The summed E-state index contributed by atoms with van der Waals surface area (Å²) in [4.78, 5) is 12.1. The van der Waals surface area contributed by atoms with Crippen LogP contribution in [0, 0.1) is 0 Å². The van der Waals surface area contributed by atoms with Crippen molar-refractivity contribution >= 4 is 39.9 Å². The van der Waals surface area contributed by atoms with Gasteiger partial charge in [0.05, 0.1) is 10.0 Å². The molecule has 1 aliphatic rings. The van der Waals surface area contributed by atoms with Crippen LogP contribution in [0.2, 0.25) is 10.0 Å². The van der Waals surface area contributed by atoms with Crippen molar-refractivity contribution in [1.29, 1.82) is 0 Å². The molecular formula is C15H19Cl2NO2S. The van der Waals surface area contributed by atoms with Crippen LogP contribution in [0.4, 0.5) is 0 Å². The van der Waals surface area contributed by atoms with Crippen molar-refractivity contribution in [2.24, 2.45) is 0 Å². The molecule has 2 rings (SSSR count). The van der Waals surface area contributed by atoms with E-state index in [1.165, 1.54) is 0 Å². The van der Waals surface area contributed by atoms with E-state index in [0.29, 0.717) is 15.8 Å². The fraction of sp³-hybridized carbons (Fsp3) is 0.533. The number of carbonyl (C=O) groups is 1. The second-order valence-electron chi connectivity index (χ2n) is 5.41. The van der Waals surface area contributed by atoms with Crippen LogP contribution in [-0.2, 0) is 21.3 Å². The highest BCUT2D eigenvalue weighted by Gasteiger charge is 2.24. The molecule has 1 aromatic carbocycles. The Hall–Kier alpha value is -0.580. The van der Waals surface area contributed by atoms with E-state index in [9.17, 15) is 9.00 Å². The third-order valence-electron chi connectivity index (χ3n) is 3.76. The third-order valence-corrected chi connectivity index (χ3v) is 6.12. The Morgan fingerprint density at radius 3 is 2.62 bits per heavy atom. The van der Waals surface area contributed by atoms with Gasteiger partial charge in [-0.15, -0.1) is 0 Å². The lowest BCUT2D eigenvalue weighted by atomic mass is 10.2. The van der Waals surface area contributed by atoms with Crippen LogP contribution in [0.5, 0.6) is 0 Å². The lowest BCUT2D eigenvalue weighted by molar-refractivity contribution is -0.121. The molecule has 3 nitrogen and oxygen atoms in total. The summed E-state index contributed by atoms with van der Waals surface area (Å²) in [6.45, 7) is 1.71. The van der Waals surface area contributed by atoms with E-state index in [-0.39, 0.29) is 11.9 Å². The van der Waals surface area contributed by atoms with Crippen molar-refractivity contribution in [1.82, 2.24) is 5.32 Å². The maximum absolute atomic E-state index is 12.3. The summed E-state index contributed by atoms with van der Waals surface area (Å²) in [5, 5.41) is 3.37. The SMILES string of the molecule is C[C@H](C(=O)NC1CCCC1)[S@](=O)Cc1ccc(Cl)c(Cl)c1. The molecule has 0 spiro atoms. The molecule has 0 heterocycles. The Balaban J connectivity index is 1.91. The summed E-state index contributed by atoms with van der Waals surface area (Å²) in [6.07, 6.45) is 4.37. The predicted molar refractivity (Wildman–Crippen MR) is 88.2 cm³/mol. The van der Waals surface area contributed by atoms with E-state index in [1.54, 1.807) is 25.1 Å². The zero-order valence-electron chi connectivity index (χ0n) is 11.9. The molecule has 0 radical (unpaired) electrons. The Bertz CT molecular complexity index is 544. The van der Waals surface area contributed by atoms with Gasteiger partial charge in [-0.25, -0.2) is 0 Å². The smallest absolute Gasteiger partial charge is 0.235 e. The van der Waals surface area contributed by atoms with Crippen molar-refractivity contribution < 1.29 is 9.00 Å². The first-order valence-electron chi connectivity index (χ1n) is 7.09. The number of amides is 1. The van der Waals surface area contributed by atoms with E-state index in [0.717, 1.165) is 31.2 Å². The van der Waals surface area contributed by atoms with Crippen LogP contribution >= 0.6 is 23.2 Å². The van der Waals surface area contributed by atoms with Crippen molar-refractivity contribution in [3.8, 4) is 0 Å². The zero-order valence-corrected chi connectivity index (χ0v) is 14.2. The molecule has 0 aliphatic heterocycles. The number of hydrogen-bond donors (Lipinski definition) is 1. The quantitative estimate of drug-likeness (QED) is 0.882. The minimum Gasteiger partial charge on any atom is -0.352 e. The second kappa shape index (κ2) is 7.61. The molecular weight excluding hydrogens is 329 g/mol. The van der Waals surface area contributed by atoms with Gasteiger partial charge in [-0.2, -0.15) is 0 Å². The van der Waals surface area contributed by atoms with E-state index in [2.05, 4.69) is 5.32 Å². The average Bonchev–Trinajstić information content (AvgIpc) is 2.94. The summed E-state index contributed by atoms with van der Waals surface area (Å²) in [6, 6.07) is 5.42. The van der Waals surface area contributed by atoms with Crippen LogP contribution < -0.4 is 5.32 Å². The van der Waals surface area contributed by atoms with E-state index < -0.39 is 16.0 Å². The maximum Gasteiger partial charge on any atom is 0.235 e.